The van der Waals surface area contributed by atoms with Gasteiger partial charge in [0.2, 0.25) is 5.09 Å². The van der Waals surface area contributed by atoms with Crippen molar-refractivity contribution in [3.63, 3.8) is 0 Å². The van der Waals surface area contributed by atoms with E-state index in [1.54, 1.807) is 0 Å². The lowest BCUT2D eigenvalue weighted by molar-refractivity contribution is -0.00301. The van der Waals surface area contributed by atoms with E-state index in [1.807, 2.05) is 0 Å². The minimum atomic E-state index is -3.74. The van der Waals surface area contributed by atoms with Crippen molar-refractivity contribution in [1.82, 2.24) is 9.62 Å². The van der Waals surface area contributed by atoms with Gasteiger partial charge in [-0.15, -0.1) is 0 Å². The first-order valence-electron chi connectivity index (χ1n) is 9.56. The number of rotatable bonds is 7. The molecule has 0 spiro atoms. The van der Waals surface area contributed by atoms with Crippen LogP contribution in [0.1, 0.15) is 43.2 Å². The van der Waals surface area contributed by atoms with Gasteiger partial charge in [-0.05, 0) is 30.9 Å². The van der Waals surface area contributed by atoms with Crippen molar-refractivity contribution in [3.8, 4) is 0 Å². The third kappa shape index (κ3) is 5.10. The van der Waals surface area contributed by atoms with Crippen LogP contribution in [0.3, 0.4) is 0 Å². The highest BCUT2D eigenvalue weighted by molar-refractivity contribution is 7.89. The summed E-state index contributed by atoms with van der Waals surface area (Å²) in [5, 5.41) is 2.49. The molecule has 152 valence electrons. The largest absolute Gasteiger partial charge is 0.438 e. The molecule has 0 bridgehead atoms. The molecule has 1 aliphatic heterocycles. The predicted molar refractivity (Wildman–Crippen MR) is 98.0 cm³/mol. The number of sulfonamides is 1. The van der Waals surface area contributed by atoms with Gasteiger partial charge in [-0.2, -0.15) is 4.31 Å². The summed E-state index contributed by atoms with van der Waals surface area (Å²) in [5.41, 5.74) is 0. The standard InChI is InChI=1S/C18H28N2O6S/c1-14-4-2-3-5-15(14)25-11-8-19-18(21)16-6-7-17(26-16)27(22,23)20-9-12-24-13-10-20/h6-7,14-15H,2-5,8-13H2,1H3,(H,19,21)/t14-,15-/m1/s1. The van der Waals surface area contributed by atoms with Gasteiger partial charge >= 0.3 is 0 Å². The normalized spacial score (nSPS) is 24.6. The number of nitrogens with one attached hydrogen (secondary N) is 1. The second-order valence-electron chi connectivity index (χ2n) is 7.06. The zero-order valence-electron chi connectivity index (χ0n) is 15.7. The lowest BCUT2D eigenvalue weighted by atomic mass is 9.88. The number of carbonyl (C=O) groups excluding carboxylic acids is 1. The maximum atomic E-state index is 12.5. The number of hydrogen-bond acceptors (Lipinski definition) is 6. The van der Waals surface area contributed by atoms with E-state index in [2.05, 4.69) is 12.2 Å². The molecule has 0 radical (unpaired) electrons. The number of morpholine rings is 1. The Morgan fingerprint density at radius 2 is 2.00 bits per heavy atom. The molecule has 0 unspecified atom stereocenters. The van der Waals surface area contributed by atoms with E-state index in [1.165, 1.54) is 35.7 Å². The monoisotopic (exact) mass is 400 g/mol. The fourth-order valence-corrected chi connectivity index (χ4v) is 4.81. The summed E-state index contributed by atoms with van der Waals surface area (Å²) in [6.45, 7) is 4.25. The zero-order valence-corrected chi connectivity index (χ0v) is 16.5. The van der Waals surface area contributed by atoms with Gasteiger partial charge in [0.1, 0.15) is 0 Å². The highest BCUT2D eigenvalue weighted by Crippen LogP contribution is 2.26. The van der Waals surface area contributed by atoms with Crippen LogP contribution in [0.2, 0.25) is 0 Å². The number of furan rings is 1. The Morgan fingerprint density at radius 1 is 1.26 bits per heavy atom. The van der Waals surface area contributed by atoms with Gasteiger partial charge in [-0.1, -0.05) is 19.8 Å². The number of hydrogen-bond donors (Lipinski definition) is 1. The first kappa shape index (κ1) is 20.3. The zero-order chi connectivity index (χ0) is 19.3. The SMILES string of the molecule is C[C@@H]1CCCC[C@H]1OCCNC(=O)c1ccc(S(=O)(=O)N2CCOCC2)o1. The average Bonchev–Trinajstić information content (AvgIpc) is 3.18. The molecule has 27 heavy (non-hydrogen) atoms. The van der Waals surface area contributed by atoms with Crippen LogP contribution in [0.15, 0.2) is 21.6 Å². The van der Waals surface area contributed by atoms with Gasteiger partial charge in [0.15, 0.2) is 5.76 Å². The summed E-state index contributed by atoms with van der Waals surface area (Å²) >= 11 is 0. The molecule has 1 saturated heterocycles. The van der Waals surface area contributed by atoms with Gasteiger partial charge in [0.05, 0.1) is 25.9 Å². The van der Waals surface area contributed by atoms with Gasteiger partial charge in [0, 0.05) is 19.6 Å². The highest BCUT2D eigenvalue weighted by Gasteiger charge is 2.30. The van der Waals surface area contributed by atoms with E-state index >= 15 is 0 Å². The molecule has 1 amide bonds. The second-order valence-corrected chi connectivity index (χ2v) is 8.93. The Labute approximate surface area is 160 Å². The molecule has 1 aromatic heterocycles. The fraction of sp³-hybridized carbons (Fsp3) is 0.722. The average molecular weight is 400 g/mol. The Kier molecular flexibility index (Phi) is 6.91. The molecular weight excluding hydrogens is 372 g/mol. The maximum absolute atomic E-state index is 12.5. The van der Waals surface area contributed by atoms with Gasteiger partial charge in [0.25, 0.3) is 15.9 Å². The van der Waals surface area contributed by atoms with E-state index in [0.29, 0.717) is 32.3 Å². The highest BCUT2D eigenvalue weighted by atomic mass is 32.2. The molecule has 1 N–H and O–H groups in total. The molecule has 0 aromatic carbocycles. The third-order valence-corrected chi connectivity index (χ3v) is 6.89. The van der Waals surface area contributed by atoms with Crippen molar-refractivity contribution >= 4 is 15.9 Å². The van der Waals surface area contributed by atoms with Crippen molar-refractivity contribution in [2.45, 2.75) is 43.8 Å². The van der Waals surface area contributed by atoms with Crippen LogP contribution < -0.4 is 5.32 Å². The van der Waals surface area contributed by atoms with Gasteiger partial charge in [-0.25, -0.2) is 8.42 Å². The second kappa shape index (κ2) is 9.18. The first-order valence-corrected chi connectivity index (χ1v) is 11.0. The van der Waals surface area contributed by atoms with Crippen LogP contribution in [0.5, 0.6) is 0 Å². The Bertz CT molecular complexity index is 726. The third-order valence-electron chi connectivity index (χ3n) is 5.12. The van der Waals surface area contributed by atoms with Crippen molar-refractivity contribution < 1.29 is 27.1 Å². The van der Waals surface area contributed by atoms with Crippen molar-refractivity contribution in [1.29, 1.82) is 0 Å². The first-order chi connectivity index (χ1) is 13.0. The minimum absolute atomic E-state index is 0.0205. The van der Waals surface area contributed by atoms with E-state index < -0.39 is 15.9 Å². The number of amides is 1. The summed E-state index contributed by atoms with van der Waals surface area (Å²) < 4.78 is 42.7. The summed E-state index contributed by atoms with van der Waals surface area (Å²) in [4.78, 5) is 12.2. The fourth-order valence-electron chi connectivity index (χ4n) is 3.49. The van der Waals surface area contributed by atoms with Crippen LogP contribution >= 0.6 is 0 Å². The molecule has 2 fully saturated rings. The number of ether oxygens (including phenoxy) is 2. The Balaban J connectivity index is 1.48. The maximum Gasteiger partial charge on any atom is 0.287 e. The number of carbonyl (C=O) groups is 1. The van der Waals surface area contributed by atoms with E-state index in [-0.39, 0.29) is 30.0 Å². The van der Waals surface area contributed by atoms with Crippen molar-refractivity contribution in [2.24, 2.45) is 5.92 Å². The van der Waals surface area contributed by atoms with Crippen LogP contribution in [0, 0.1) is 5.92 Å². The van der Waals surface area contributed by atoms with E-state index in [0.717, 1.165) is 6.42 Å². The molecule has 2 atom stereocenters. The molecule has 1 aromatic rings. The van der Waals surface area contributed by atoms with Crippen LogP contribution in [-0.2, 0) is 19.5 Å². The van der Waals surface area contributed by atoms with Crippen LogP contribution in [-0.4, -0.2) is 64.2 Å². The minimum Gasteiger partial charge on any atom is -0.438 e. The summed E-state index contributed by atoms with van der Waals surface area (Å²) in [6, 6.07) is 2.70. The molecule has 3 rings (SSSR count). The summed E-state index contributed by atoms with van der Waals surface area (Å²) in [7, 11) is -3.74. The van der Waals surface area contributed by atoms with Crippen LogP contribution in [0.4, 0.5) is 0 Å². The van der Waals surface area contributed by atoms with Crippen LogP contribution in [0.25, 0.3) is 0 Å². The molecule has 1 saturated carbocycles. The molecule has 1 aliphatic carbocycles. The molecular formula is C18H28N2O6S. The summed E-state index contributed by atoms with van der Waals surface area (Å²) in [6.07, 6.45) is 4.95. The van der Waals surface area contributed by atoms with Crippen molar-refractivity contribution in [3.05, 3.63) is 17.9 Å². The van der Waals surface area contributed by atoms with Gasteiger partial charge in [-0.3, -0.25) is 4.79 Å². The van der Waals surface area contributed by atoms with E-state index in [9.17, 15) is 13.2 Å². The van der Waals surface area contributed by atoms with E-state index in [4.69, 9.17) is 13.9 Å². The lowest BCUT2D eigenvalue weighted by Gasteiger charge is -2.28. The van der Waals surface area contributed by atoms with Gasteiger partial charge < -0.3 is 19.2 Å². The topological polar surface area (TPSA) is 98.1 Å². The predicted octanol–water partition coefficient (Wildman–Crippen LogP) is 1.63. The van der Waals surface area contributed by atoms with Crippen molar-refractivity contribution in [2.75, 3.05) is 39.5 Å². The smallest absolute Gasteiger partial charge is 0.287 e. The summed E-state index contributed by atoms with van der Waals surface area (Å²) in [5.74, 6) is 0.0825. The molecule has 8 nitrogen and oxygen atoms in total. The lowest BCUT2D eigenvalue weighted by Crippen LogP contribution is -2.40. The molecule has 2 aliphatic rings. The Hall–Kier alpha value is -1.42. The quantitative estimate of drug-likeness (QED) is 0.699. The molecule has 2 heterocycles. The Morgan fingerprint density at radius 3 is 2.74 bits per heavy atom. The molecule has 9 heteroatoms. The number of nitrogens with zero attached hydrogens (tertiary/aromatic N) is 1.